The lowest BCUT2D eigenvalue weighted by Gasteiger charge is -2.11. The number of primary sulfonamides is 1. The van der Waals surface area contributed by atoms with Gasteiger partial charge in [0.05, 0.1) is 11.4 Å². The van der Waals surface area contributed by atoms with Crippen LogP contribution in [0.2, 0.25) is 0 Å². The molecular weight excluding hydrogens is 393 g/mol. The number of fused-ring (bicyclic) bond motifs is 1. The molecule has 1 aromatic heterocycles. The molecule has 9 heteroatoms. The van der Waals surface area contributed by atoms with Gasteiger partial charge in [0, 0.05) is 30.2 Å². The quantitative estimate of drug-likeness (QED) is 0.349. The van der Waals surface area contributed by atoms with Gasteiger partial charge >= 0.3 is 0 Å². The average molecular weight is 418 g/mol. The predicted molar refractivity (Wildman–Crippen MR) is 113 cm³/mol. The highest BCUT2D eigenvalue weighted by molar-refractivity contribution is 7.89. The molecule has 0 aliphatic rings. The van der Waals surface area contributed by atoms with Crippen molar-refractivity contribution >= 4 is 26.9 Å². The molecule has 2 aromatic carbocycles. The minimum Gasteiger partial charge on any atom is -0.361 e. The number of aromatic nitrogens is 1. The Hall–Kier alpha value is -2.91. The Morgan fingerprint density at radius 3 is 2.62 bits per heavy atom. The molecule has 0 fully saturated rings. The summed E-state index contributed by atoms with van der Waals surface area (Å²) in [4.78, 5) is 7.69. The fourth-order valence-corrected chi connectivity index (χ4v) is 3.49. The maximum Gasteiger partial charge on any atom is 0.238 e. The second kappa shape index (κ2) is 9.06. The van der Waals surface area contributed by atoms with Crippen LogP contribution in [0.4, 0.5) is 4.39 Å². The van der Waals surface area contributed by atoms with Gasteiger partial charge in [0.25, 0.3) is 0 Å². The van der Waals surface area contributed by atoms with Crippen molar-refractivity contribution in [2.45, 2.75) is 24.8 Å². The first kappa shape index (κ1) is 20.8. The number of guanidine groups is 1. The van der Waals surface area contributed by atoms with Gasteiger partial charge in [-0.3, -0.25) is 0 Å². The van der Waals surface area contributed by atoms with Crippen LogP contribution < -0.4 is 15.8 Å². The van der Waals surface area contributed by atoms with Gasteiger partial charge in [-0.1, -0.05) is 12.1 Å². The second-order valence-corrected chi connectivity index (χ2v) is 8.13. The minimum atomic E-state index is -3.70. The molecule has 0 unspecified atom stereocenters. The van der Waals surface area contributed by atoms with Crippen molar-refractivity contribution in [3.63, 3.8) is 0 Å². The van der Waals surface area contributed by atoms with E-state index in [0.29, 0.717) is 25.6 Å². The molecule has 0 saturated heterocycles. The van der Waals surface area contributed by atoms with Crippen molar-refractivity contribution in [3.8, 4) is 0 Å². The number of benzene rings is 2. The number of hydrogen-bond donors (Lipinski definition) is 4. The van der Waals surface area contributed by atoms with Crippen LogP contribution >= 0.6 is 0 Å². The lowest BCUT2D eigenvalue weighted by molar-refractivity contribution is 0.597. The van der Waals surface area contributed by atoms with Gasteiger partial charge in [-0.25, -0.2) is 22.9 Å². The number of sulfonamides is 1. The Balaban J connectivity index is 1.60. The molecule has 7 nitrogen and oxygen atoms in total. The number of aromatic amines is 1. The van der Waals surface area contributed by atoms with Crippen LogP contribution in [-0.2, 0) is 23.0 Å². The molecule has 0 saturated carbocycles. The number of aliphatic imine (C=N–C) groups is 1. The van der Waals surface area contributed by atoms with Crippen LogP contribution in [0.15, 0.2) is 58.5 Å². The van der Waals surface area contributed by atoms with Crippen LogP contribution in [0.1, 0.15) is 18.1 Å². The van der Waals surface area contributed by atoms with E-state index in [1.165, 1.54) is 24.3 Å². The summed E-state index contributed by atoms with van der Waals surface area (Å²) >= 11 is 0. The van der Waals surface area contributed by atoms with Crippen LogP contribution in [0.5, 0.6) is 0 Å². The zero-order chi connectivity index (χ0) is 20.9. The first-order valence-corrected chi connectivity index (χ1v) is 10.8. The molecule has 5 N–H and O–H groups in total. The first-order chi connectivity index (χ1) is 13.9. The molecule has 29 heavy (non-hydrogen) atoms. The molecule has 154 valence electrons. The Kier molecular flexibility index (Phi) is 6.50. The fraction of sp³-hybridized carbons (Fsp3) is 0.250. The van der Waals surface area contributed by atoms with E-state index in [0.717, 1.165) is 28.5 Å². The van der Waals surface area contributed by atoms with Gasteiger partial charge in [-0.15, -0.1) is 0 Å². The predicted octanol–water partition coefficient (Wildman–Crippen LogP) is 2.25. The summed E-state index contributed by atoms with van der Waals surface area (Å²) in [6.07, 6.45) is 2.64. The Morgan fingerprint density at radius 1 is 1.17 bits per heavy atom. The number of halogens is 1. The van der Waals surface area contributed by atoms with E-state index in [9.17, 15) is 12.8 Å². The summed E-state index contributed by atoms with van der Waals surface area (Å²) in [6.45, 7) is 3.74. The summed E-state index contributed by atoms with van der Waals surface area (Å²) < 4.78 is 35.9. The zero-order valence-corrected chi connectivity index (χ0v) is 16.9. The van der Waals surface area contributed by atoms with E-state index >= 15 is 0 Å². The van der Waals surface area contributed by atoms with Crippen molar-refractivity contribution in [3.05, 3.63) is 65.6 Å². The lowest BCUT2D eigenvalue weighted by atomic mass is 10.1. The third-order valence-electron chi connectivity index (χ3n) is 4.43. The molecule has 0 bridgehead atoms. The van der Waals surface area contributed by atoms with E-state index in [1.807, 2.05) is 13.1 Å². The molecule has 3 rings (SSSR count). The molecule has 3 aromatic rings. The molecule has 1 heterocycles. The smallest absolute Gasteiger partial charge is 0.238 e. The topological polar surface area (TPSA) is 112 Å². The average Bonchev–Trinajstić information content (AvgIpc) is 3.07. The molecular formula is C20H24FN5O2S. The van der Waals surface area contributed by atoms with Gasteiger partial charge in [-0.05, 0) is 54.8 Å². The largest absolute Gasteiger partial charge is 0.361 e. The van der Waals surface area contributed by atoms with Crippen LogP contribution in [0.3, 0.4) is 0 Å². The number of rotatable bonds is 7. The van der Waals surface area contributed by atoms with Crippen molar-refractivity contribution < 1.29 is 12.8 Å². The molecule has 0 spiro atoms. The number of H-pyrrole nitrogens is 1. The van der Waals surface area contributed by atoms with Crippen molar-refractivity contribution in [2.75, 3.05) is 13.1 Å². The van der Waals surface area contributed by atoms with E-state index < -0.39 is 10.0 Å². The van der Waals surface area contributed by atoms with Gasteiger partial charge in [0.15, 0.2) is 5.96 Å². The summed E-state index contributed by atoms with van der Waals surface area (Å²) in [5.41, 5.74) is 2.75. The minimum absolute atomic E-state index is 0.0777. The molecule has 0 amide bonds. The lowest BCUT2D eigenvalue weighted by Crippen LogP contribution is -2.38. The highest BCUT2D eigenvalue weighted by Crippen LogP contribution is 2.19. The molecule has 0 aliphatic carbocycles. The Labute approximate surface area is 169 Å². The summed E-state index contributed by atoms with van der Waals surface area (Å²) in [7, 11) is -3.70. The van der Waals surface area contributed by atoms with E-state index in [2.05, 4.69) is 20.6 Å². The van der Waals surface area contributed by atoms with E-state index in [4.69, 9.17) is 5.14 Å². The van der Waals surface area contributed by atoms with Gasteiger partial charge in [0.1, 0.15) is 5.82 Å². The van der Waals surface area contributed by atoms with E-state index in [-0.39, 0.29) is 10.7 Å². The Morgan fingerprint density at radius 2 is 1.93 bits per heavy atom. The normalized spacial score (nSPS) is 12.3. The number of nitrogens with zero attached hydrogens (tertiary/aromatic N) is 1. The van der Waals surface area contributed by atoms with Gasteiger partial charge < -0.3 is 15.6 Å². The summed E-state index contributed by atoms with van der Waals surface area (Å²) in [5.74, 6) is 0.400. The zero-order valence-electron chi connectivity index (χ0n) is 16.1. The van der Waals surface area contributed by atoms with Crippen molar-refractivity contribution in [1.82, 2.24) is 15.6 Å². The Bertz CT molecular complexity index is 1110. The standard InChI is InChI=1S/C20H24FN5O2S/c1-2-23-20(26-12-14-3-6-17(7-4-14)29(22,27)28)24-10-9-15-13-25-19-11-16(21)5-8-18(15)19/h3-8,11,13,25H,2,9-10,12H2,1H3,(H2,22,27,28)(H2,23,24,26). The summed E-state index contributed by atoms with van der Waals surface area (Å²) in [5, 5.41) is 12.6. The van der Waals surface area contributed by atoms with Crippen molar-refractivity contribution in [1.29, 1.82) is 0 Å². The molecule has 0 atom stereocenters. The van der Waals surface area contributed by atoms with E-state index in [1.54, 1.807) is 18.2 Å². The number of hydrogen-bond acceptors (Lipinski definition) is 3. The highest BCUT2D eigenvalue weighted by Gasteiger charge is 2.07. The van der Waals surface area contributed by atoms with Crippen LogP contribution in [0, 0.1) is 5.82 Å². The number of nitrogens with one attached hydrogen (secondary N) is 3. The summed E-state index contributed by atoms with van der Waals surface area (Å²) in [6, 6.07) is 11.1. The van der Waals surface area contributed by atoms with Crippen molar-refractivity contribution in [2.24, 2.45) is 10.1 Å². The maximum absolute atomic E-state index is 13.3. The van der Waals surface area contributed by atoms with Crippen LogP contribution in [0.25, 0.3) is 10.9 Å². The van der Waals surface area contributed by atoms with Gasteiger partial charge in [-0.2, -0.15) is 0 Å². The first-order valence-electron chi connectivity index (χ1n) is 9.26. The third-order valence-corrected chi connectivity index (χ3v) is 5.36. The molecule has 0 aliphatic heterocycles. The van der Waals surface area contributed by atoms with Crippen LogP contribution in [-0.4, -0.2) is 32.5 Å². The second-order valence-electron chi connectivity index (χ2n) is 6.56. The third kappa shape index (κ3) is 5.55. The number of nitrogens with two attached hydrogens (primary N) is 1. The molecule has 0 radical (unpaired) electrons. The fourth-order valence-electron chi connectivity index (χ4n) is 2.98. The highest BCUT2D eigenvalue weighted by atomic mass is 32.2. The monoisotopic (exact) mass is 417 g/mol. The maximum atomic E-state index is 13.3. The SMILES string of the molecule is CCNC(=NCc1ccc(S(N)(=O)=O)cc1)NCCc1c[nH]c2cc(F)ccc12. The van der Waals surface area contributed by atoms with Gasteiger partial charge in [0.2, 0.25) is 10.0 Å².